The normalized spacial score (nSPS) is 29.0. The second kappa shape index (κ2) is 5.90. The number of hydrogen-bond acceptors (Lipinski definition) is 5. The summed E-state index contributed by atoms with van der Waals surface area (Å²) in [6.45, 7) is 9.67. The van der Waals surface area contributed by atoms with Crippen molar-refractivity contribution in [3.63, 3.8) is 0 Å². The zero-order chi connectivity index (χ0) is 14.7. The van der Waals surface area contributed by atoms with E-state index in [4.69, 9.17) is 14.2 Å². The van der Waals surface area contributed by atoms with Crippen molar-refractivity contribution < 1.29 is 23.8 Å². The SMILES string of the molecule is CCOC(=O)C[C@@H]1CC(C)(C)O[C@@]1(C)C(=O)OCC. The number of ether oxygens (including phenoxy) is 3. The van der Waals surface area contributed by atoms with Crippen LogP contribution in [0.1, 0.15) is 47.5 Å². The van der Waals surface area contributed by atoms with Crippen LogP contribution in [0.4, 0.5) is 0 Å². The minimum atomic E-state index is -1.08. The molecular formula is C14H24O5. The van der Waals surface area contributed by atoms with Crippen LogP contribution in [0.25, 0.3) is 0 Å². The minimum absolute atomic E-state index is 0.173. The maximum Gasteiger partial charge on any atom is 0.338 e. The standard InChI is InChI=1S/C14H24O5/c1-6-17-11(15)8-10-9-13(3,4)19-14(10,5)12(16)18-7-2/h10H,6-9H2,1-5H3/t10-,14-/m1/s1. The lowest BCUT2D eigenvalue weighted by Crippen LogP contribution is -2.44. The third kappa shape index (κ3) is 3.69. The molecule has 1 fully saturated rings. The lowest BCUT2D eigenvalue weighted by molar-refractivity contribution is -0.178. The fourth-order valence-electron chi connectivity index (χ4n) is 2.66. The molecule has 0 N–H and O–H groups in total. The molecule has 5 nitrogen and oxygen atoms in total. The molecule has 0 aromatic carbocycles. The molecule has 110 valence electrons. The summed E-state index contributed by atoms with van der Waals surface area (Å²) in [7, 11) is 0. The zero-order valence-corrected chi connectivity index (χ0v) is 12.4. The fraction of sp³-hybridized carbons (Fsp3) is 0.857. The summed E-state index contributed by atoms with van der Waals surface area (Å²) < 4.78 is 15.9. The number of carbonyl (C=O) groups excluding carboxylic acids is 2. The Morgan fingerprint density at radius 2 is 1.74 bits per heavy atom. The maximum absolute atomic E-state index is 12.1. The van der Waals surface area contributed by atoms with Crippen LogP contribution in [-0.4, -0.2) is 36.4 Å². The van der Waals surface area contributed by atoms with Crippen molar-refractivity contribution in [2.45, 2.75) is 58.7 Å². The van der Waals surface area contributed by atoms with E-state index in [1.165, 1.54) is 0 Å². The third-order valence-electron chi connectivity index (χ3n) is 3.40. The Kier molecular flexibility index (Phi) is 4.96. The van der Waals surface area contributed by atoms with Crippen molar-refractivity contribution in [1.82, 2.24) is 0 Å². The Hall–Kier alpha value is -1.10. The van der Waals surface area contributed by atoms with E-state index in [1.807, 2.05) is 13.8 Å². The van der Waals surface area contributed by atoms with Crippen molar-refractivity contribution >= 4 is 11.9 Å². The van der Waals surface area contributed by atoms with Gasteiger partial charge in [-0.2, -0.15) is 0 Å². The molecule has 1 rings (SSSR count). The average Bonchev–Trinajstić information content (AvgIpc) is 2.50. The largest absolute Gasteiger partial charge is 0.466 e. The van der Waals surface area contributed by atoms with Gasteiger partial charge in [-0.1, -0.05) is 0 Å². The van der Waals surface area contributed by atoms with Crippen LogP contribution >= 0.6 is 0 Å². The summed E-state index contributed by atoms with van der Waals surface area (Å²) >= 11 is 0. The Morgan fingerprint density at radius 3 is 2.26 bits per heavy atom. The van der Waals surface area contributed by atoms with E-state index in [0.717, 1.165) is 0 Å². The van der Waals surface area contributed by atoms with Gasteiger partial charge in [0, 0.05) is 5.92 Å². The van der Waals surface area contributed by atoms with Crippen molar-refractivity contribution in [3.05, 3.63) is 0 Å². The molecule has 0 unspecified atom stereocenters. The van der Waals surface area contributed by atoms with Gasteiger partial charge in [-0.3, -0.25) is 4.79 Å². The van der Waals surface area contributed by atoms with Crippen LogP contribution in [0.15, 0.2) is 0 Å². The molecule has 1 saturated heterocycles. The summed E-state index contributed by atoms with van der Waals surface area (Å²) in [5.74, 6) is -0.931. The van der Waals surface area contributed by atoms with Crippen LogP contribution < -0.4 is 0 Å². The molecule has 2 atom stereocenters. The van der Waals surface area contributed by atoms with Crippen molar-refractivity contribution in [2.75, 3.05) is 13.2 Å². The van der Waals surface area contributed by atoms with Crippen LogP contribution in [0.2, 0.25) is 0 Å². The van der Waals surface area contributed by atoms with E-state index >= 15 is 0 Å². The van der Waals surface area contributed by atoms with E-state index in [1.54, 1.807) is 20.8 Å². The highest BCUT2D eigenvalue weighted by Gasteiger charge is 2.55. The van der Waals surface area contributed by atoms with Crippen LogP contribution in [0, 0.1) is 5.92 Å². The van der Waals surface area contributed by atoms with E-state index < -0.39 is 17.2 Å². The van der Waals surface area contributed by atoms with Gasteiger partial charge in [0.1, 0.15) is 0 Å². The van der Waals surface area contributed by atoms with Gasteiger partial charge in [0.05, 0.1) is 25.2 Å². The Bertz CT molecular complexity index is 350. The highest BCUT2D eigenvalue weighted by atomic mass is 16.6. The van der Waals surface area contributed by atoms with Gasteiger partial charge in [0.25, 0.3) is 0 Å². The summed E-state index contributed by atoms with van der Waals surface area (Å²) in [5, 5.41) is 0. The molecule has 0 aromatic rings. The molecule has 0 bridgehead atoms. The number of carbonyl (C=O) groups is 2. The first-order valence-corrected chi connectivity index (χ1v) is 6.78. The van der Waals surface area contributed by atoms with E-state index in [2.05, 4.69) is 0 Å². The van der Waals surface area contributed by atoms with Crippen molar-refractivity contribution in [3.8, 4) is 0 Å². The monoisotopic (exact) mass is 272 g/mol. The molecule has 0 amide bonds. The molecule has 0 aliphatic carbocycles. The lowest BCUT2D eigenvalue weighted by atomic mass is 9.83. The molecule has 1 aliphatic heterocycles. The molecule has 5 heteroatoms. The van der Waals surface area contributed by atoms with Gasteiger partial charge < -0.3 is 14.2 Å². The van der Waals surface area contributed by atoms with Gasteiger partial charge in [-0.25, -0.2) is 4.79 Å². The van der Waals surface area contributed by atoms with Crippen molar-refractivity contribution in [1.29, 1.82) is 0 Å². The van der Waals surface area contributed by atoms with Gasteiger partial charge in [-0.15, -0.1) is 0 Å². The highest BCUT2D eigenvalue weighted by Crippen LogP contribution is 2.44. The van der Waals surface area contributed by atoms with E-state index in [9.17, 15) is 9.59 Å². The second-order valence-electron chi connectivity index (χ2n) is 5.60. The third-order valence-corrected chi connectivity index (χ3v) is 3.40. The maximum atomic E-state index is 12.1. The van der Waals surface area contributed by atoms with Crippen molar-refractivity contribution in [2.24, 2.45) is 5.92 Å². The van der Waals surface area contributed by atoms with Gasteiger partial charge >= 0.3 is 11.9 Å². The molecule has 1 aliphatic rings. The van der Waals surface area contributed by atoms with E-state index in [0.29, 0.717) is 19.6 Å². The second-order valence-corrected chi connectivity index (χ2v) is 5.60. The molecule has 19 heavy (non-hydrogen) atoms. The Balaban J connectivity index is 2.86. The summed E-state index contributed by atoms with van der Waals surface area (Å²) in [6, 6.07) is 0. The van der Waals surface area contributed by atoms with Crippen LogP contribution in [0.5, 0.6) is 0 Å². The molecular weight excluding hydrogens is 248 g/mol. The van der Waals surface area contributed by atoms with Crippen LogP contribution in [-0.2, 0) is 23.8 Å². The molecule has 1 heterocycles. The predicted molar refractivity (Wildman–Crippen MR) is 69.6 cm³/mol. The Labute approximate surface area is 114 Å². The number of esters is 2. The molecule has 0 radical (unpaired) electrons. The summed E-state index contributed by atoms with van der Waals surface area (Å²) in [5.41, 5.74) is -1.52. The first kappa shape index (κ1) is 16.0. The average molecular weight is 272 g/mol. The molecule has 0 spiro atoms. The van der Waals surface area contributed by atoms with Gasteiger partial charge in [0.15, 0.2) is 5.60 Å². The first-order valence-electron chi connectivity index (χ1n) is 6.78. The molecule has 0 aromatic heterocycles. The lowest BCUT2D eigenvalue weighted by Gasteiger charge is -2.28. The minimum Gasteiger partial charge on any atom is -0.466 e. The Morgan fingerprint density at radius 1 is 1.16 bits per heavy atom. The fourth-order valence-corrected chi connectivity index (χ4v) is 2.66. The van der Waals surface area contributed by atoms with Crippen LogP contribution in [0.3, 0.4) is 0 Å². The number of hydrogen-bond donors (Lipinski definition) is 0. The highest BCUT2D eigenvalue weighted by molar-refractivity contribution is 5.81. The quantitative estimate of drug-likeness (QED) is 0.717. The van der Waals surface area contributed by atoms with E-state index in [-0.39, 0.29) is 18.3 Å². The smallest absolute Gasteiger partial charge is 0.338 e. The first-order chi connectivity index (χ1) is 8.75. The van der Waals surface area contributed by atoms with Gasteiger partial charge in [0.2, 0.25) is 0 Å². The number of rotatable bonds is 5. The van der Waals surface area contributed by atoms with Gasteiger partial charge in [-0.05, 0) is 41.0 Å². The zero-order valence-electron chi connectivity index (χ0n) is 12.4. The predicted octanol–water partition coefficient (Wildman–Crippen LogP) is 2.08. The summed E-state index contributed by atoms with van der Waals surface area (Å²) in [4.78, 5) is 23.8. The molecule has 0 saturated carbocycles. The summed E-state index contributed by atoms with van der Waals surface area (Å²) in [6.07, 6.45) is 0.799. The topological polar surface area (TPSA) is 61.8 Å².